The van der Waals surface area contributed by atoms with Crippen LogP contribution in [0.25, 0.3) is 0 Å². The summed E-state index contributed by atoms with van der Waals surface area (Å²) in [5, 5.41) is 3.54. The van der Waals surface area contributed by atoms with Gasteiger partial charge in [-0.05, 0) is 13.3 Å². The van der Waals surface area contributed by atoms with Crippen LogP contribution in [0.5, 0.6) is 0 Å². The lowest BCUT2D eigenvalue weighted by Crippen LogP contribution is -2.56. The van der Waals surface area contributed by atoms with Gasteiger partial charge in [-0.2, -0.15) is 0 Å². The number of methoxy groups -OCH3 is 1. The van der Waals surface area contributed by atoms with Gasteiger partial charge in [-0.15, -0.1) is 0 Å². The Bertz CT molecular complexity index is 227. The molecule has 1 rings (SSSR count). The zero-order valence-electron chi connectivity index (χ0n) is 13.5. The summed E-state index contributed by atoms with van der Waals surface area (Å²) in [5.41, 5.74) is 0. The normalized spacial score (nSPS) is 21.8. The molecule has 1 aliphatic heterocycles. The van der Waals surface area contributed by atoms with Gasteiger partial charge in [0.05, 0.1) is 6.61 Å². The van der Waals surface area contributed by atoms with E-state index in [-0.39, 0.29) is 0 Å². The molecule has 1 heterocycles. The number of rotatable bonds is 8. The van der Waals surface area contributed by atoms with Gasteiger partial charge >= 0.3 is 0 Å². The van der Waals surface area contributed by atoms with Gasteiger partial charge in [0.1, 0.15) is 0 Å². The molecule has 0 radical (unpaired) electrons. The van der Waals surface area contributed by atoms with Crippen LogP contribution in [0.1, 0.15) is 34.1 Å². The van der Waals surface area contributed by atoms with Crippen molar-refractivity contribution in [2.75, 3.05) is 46.4 Å². The fourth-order valence-electron chi connectivity index (χ4n) is 2.66. The Morgan fingerprint density at radius 2 is 1.63 bits per heavy atom. The minimum absolute atomic E-state index is 0.506. The highest BCUT2D eigenvalue weighted by Gasteiger charge is 2.25. The second-order valence-electron chi connectivity index (χ2n) is 6.00. The highest BCUT2D eigenvalue weighted by Crippen LogP contribution is 2.11. The third-order valence-corrected chi connectivity index (χ3v) is 4.20. The Labute approximate surface area is 119 Å². The average Bonchev–Trinajstić information content (AvgIpc) is 2.42. The number of hydrogen-bond donors (Lipinski definition) is 1. The van der Waals surface area contributed by atoms with Gasteiger partial charge in [0.2, 0.25) is 0 Å². The van der Waals surface area contributed by atoms with Gasteiger partial charge in [-0.25, -0.2) is 0 Å². The number of ether oxygens (including phenoxy) is 1. The van der Waals surface area contributed by atoms with Gasteiger partial charge in [0.25, 0.3) is 0 Å². The Morgan fingerprint density at radius 3 is 2.11 bits per heavy atom. The van der Waals surface area contributed by atoms with Crippen molar-refractivity contribution in [2.24, 2.45) is 0 Å². The van der Waals surface area contributed by atoms with Crippen LogP contribution in [0.4, 0.5) is 0 Å². The predicted molar refractivity (Wildman–Crippen MR) is 81.7 cm³/mol. The molecule has 4 heteroatoms. The lowest BCUT2D eigenvalue weighted by Gasteiger charge is -2.41. The van der Waals surface area contributed by atoms with Crippen molar-refractivity contribution in [3.63, 3.8) is 0 Å². The molecule has 1 saturated heterocycles. The van der Waals surface area contributed by atoms with Crippen molar-refractivity contribution >= 4 is 0 Å². The van der Waals surface area contributed by atoms with E-state index >= 15 is 0 Å². The van der Waals surface area contributed by atoms with Crippen LogP contribution >= 0.6 is 0 Å². The second kappa shape index (κ2) is 8.90. The van der Waals surface area contributed by atoms with Crippen LogP contribution in [-0.4, -0.2) is 74.4 Å². The van der Waals surface area contributed by atoms with E-state index in [4.69, 9.17) is 4.74 Å². The van der Waals surface area contributed by atoms with E-state index in [0.29, 0.717) is 12.1 Å². The van der Waals surface area contributed by atoms with E-state index in [1.807, 2.05) is 0 Å². The molecule has 0 amide bonds. The quantitative estimate of drug-likeness (QED) is 0.722. The molecule has 1 aliphatic rings. The molecule has 114 valence electrons. The smallest absolute Gasteiger partial charge is 0.0630 e. The summed E-state index contributed by atoms with van der Waals surface area (Å²) < 4.78 is 5.39. The molecule has 0 aromatic heterocycles. The van der Waals surface area contributed by atoms with E-state index in [1.165, 1.54) is 19.5 Å². The average molecular weight is 271 g/mol. The Kier molecular flexibility index (Phi) is 7.91. The summed E-state index contributed by atoms with van der Waals surface area (Å²) >= 11 is 0. The standard InChI is InChI=1S/C15H33N3O/c1-6-14(4)17-7-9-18(10-8-17)15(12-19-5)11-16-13(2)3/h13-16H,6-12H2,1-5H3. The van der Waals surface area contributed by atoms with Gasteiger partial charge in [-0.1, -0.05) is 20.8 Å². The third-order valence-electron chi connectivity index (χ3n) is 4.20. The molecular weight excluding hydrogens is 238 g/mol. The minimum Gasteiger partial charge on any atom is -0.383 e. The molecule has 0 aromatic carbocycles. The molecule has 0 bridgehead atoms. The fraction of sp³-hybridized carbons (Fsp3) is 1.00. The molecule has 0 spiro atoms. The van der Waals surface area contributed by atoms with Gasteiger partial charge in [0, 0.05) is 58.0 Å². The zero-order chi connectivity index (χ0) is 14.3. The summed E-state index contributed by atoms with van der Waals surface area (Å²) in [6.45, 7) is 15.6. The number of nitrogens with one attached hydrogen (secondary N) is 1. The molecule has 1 N–H and O–H groups in total. The van der Waals surface area contributed by atoms with Crippen LogP contribution in [0.15, 0.2) is 0 Å². The topological polar surface area (TPSA) is 27.7 Å². The van der Waals surface area contributed by atoms with Crippen molar-refractivity contribution in [1.82, 2.24) is 15.1 Å². The van der Waals surface area contributed by atoms with E-state index in [9.17, 15) is 0 Å². The van der Waals surface area contributed by atoms with Gasteiger partial charge < -0.3 is 10.1 Å². The van der Waals surface area contributed by atoms with Gasteiger partial charge in [-0.3, -0.25) is 9.80 Å². The maximum atomic E-state index is 5.39. The number of piperazine rings is 1. The molecule has 1 fully saturated rings. The molecule has 0 aliphatic carbocycles. The van der Waals surface area contributed by atoms with Crippen molar-refractivity contribution in [3.05, 3.63) is 0 Å². The zero-order valence-corrected chi connectivity index (χ0v) is 13.5. The molecule has 2 unspecified atom stereocenters. The predicted octanol–water partition coefficient (Wildman–Crippen LogP) is 1.42. The maximum absolute atomic E-state index is 5.39. The minimum atomic E-state index is 0.506. The molecule has 0 aromatic rings. The first-order valence-corrected chi connectivity index (χ1v) is 7.78. The van der Waals surface area contributed by atoms with Crippen molar-refractivity contribution < 1.29 is 4.74 Å². The van der Waals surface area contributed by atoms with E-state index < -0.39 is 0 Å². The summed E-state index contributed by atoms with van der Waals surface area (Å²) in [6.07, 6.45) is 1.25. The number of nitrogens with zero attached hydrogens (tertiary/aromatic N) is 2. The molecular formula is C15H33N3O. The van der Waals surface area contributed by atoms with E-state index in [2.05, 4.69) is 42.8 Å². The first-order chi connectivity index (χ1) is 9.08. The van der Waals surface area contributed by atoms with Crippen LogP contribution < -0.4 is 5.32 Å². The van der Waals surface area contributed by atoms with E-state index in [1.54, 1.807) is 7.11 Å². The van der Waals surface area contributed by atoms with E-state index in [0.717, 1.165) is 32.3 Å². The molecule has 19 heavy (non-hydrogen) atoms. The third kappa shape index (κ3) is 5.78. The SMILES string of the molecule is CCC(C)N1CCN(C(CNC(C)C)COC)CC1. The first kappa shape index (κ1) is 16.9. The molecule has 0 saturated carbocycles. The van der Waals surface area contributed by atoms with Crippen LogP contribution in [0.3, 0.4) is 0 Å². The summed E-state index contributed by atoms with van der Waals surface area (Å²) in [5.74, 6) is 0. The van der Waals surface area contributed by atoms with Crippen LogP contribution in [-0.2, 0) is 4.74 Å². The van der Waals surface area contributed by atoms with Gasteiger partial charge in [0.15, 0.2) is 0 Å². The first-order valence-electron chi connectivity index (χ1n) is 7.78. The summed E-state index contributed by atoms with van der Waals surface area (Å²) in [6, 6.07) is 1.77. The molecule has 2 atom stereocenters. The van der Waals surface area contributed by atoms with Crippen LogP contribution in [0.2, 0.25) is 0 Å². The van der Waals surface area contributed by atoms with Crippen molar-refractivity contribution in [1.29, 1.82) is 0 Å². The monoisotopic (exact) mass is 271 g/mol. The Morgan fingerprint density at radius 1 is 1.05 bits per heavy atom. The largest absolute Gasteiger partial charge is 0.383 e. The molecule has 4 nitrogen and oxygen atoms in total. The number of hydrogen-bond acceptors (Lipinski definition) is 4. The lowest BCUT2D eigenvalue weighted by atomic mass is 10.1. The fourth-order valence-corrected chi connectivity index (χ4v) is 2.66. The summed E-state index contributed by atoms with van der Waals surface area (Å²) in [4.78, 5) is 5.19. The summed E-state index contributed by atoms with van der Waals surface area (Å²) in [7, 11) is 1.80. The lowest BCUT2D eigenvalue weighted by molar-refractivity contribution is 0.0369. The van der Waals surface area contributed by atoms with Crippen LogP contribution in [0, 0.1) is 0 Å². The Balaban J connectivity index is 2.40. The maximum Gasteiger partial charge on any atom is 0.0630 e. The highest BCUT2D eigenvalue weighted by molar-refractivity contribution is 4.82. The second-order valence-corrected chi connectivity index (χ2v) is 6.00. The van der Waals surface area contributed by atoms with Crippen molar-refractivity contribution in [2.45, 2.75) is 52.2 Å². The highest BCUT2D eigenvalue weighted by atomic mass is 16.5. The Hall–Kier alpha value is -0.160. The van der Waals surface area contributed by atoms with Crippen molar-refractivity contribution in [3.8, 4) is 0 Å².